The molecule has 0 unspecified atom stereocenters. The highest BCUT2D eigenvalue weighted by Crippen LogP contribution is 2.30. The highest BCUT2D eigenvalue weighted by molar-refractivity contribution is 6.30. The first kappa shape index (κ1) is 15.8. The van der Waals surface area contributed by atoms with Crippen molar-refractivity contribution in [3.8, 4) is 34.9 Å². The number of imidazole rings is 1. The molecule has 0 atom stereocenters. The fourth-order valence-electron chi connectivity index (χ4n) is 2.63. The Labute approximate surface area is 153 Å². The van der Waals surface area contributed by atoms with Gasteiger partial charge in [0.15, 0.2) is 17.2 Å². The number of nitrogens with zero attached hydrogens (tertiary/aromatic N) is 5. The van der Waals surface area contributed by atoms with Crippen molar-refractivity contribution in [1.29, 1.82) is 10.5 Å². The van der Waals surface area contributed by atoms with Crippen molar-refractivity contribution in [2.24, 2.45) is 0 Å². The molecule has 1 N–H and O–H groups in total. The second-order valence-corrected chi connectivity index (χ2v) is 5.89. The van der Waals surface area contributed by atoms with Crippen molar-refractivity contribution >= 4 is 22.6 Å². The number of nitriles is 2. The molecule has 0 bridgehead atoms. The maximum absolute atomic E-state index is 9.31. The Morgan fingerprint density at radius 3 is 2.12 bits per heavy atom. The van der Waals surface area contributed by atoms with Crippen molar-refractivity contribution in [2.75, 3.05) is 0 Å². The van der Waals surface area contributed by atoms with Crippen molar-refractivity contribution in [3.63, 3.8) is 0 Å². The number of fused-ring (bicyclic) bond motifs is 1. The molecule has 0 aliphatic carbocycles. The van der Waals surface area contributed by atoms with E-state index in [2.05, 4.69) is 19.9 Å². The summed E-state index contributed by atoms with van der Waals surface area (Å²) in [5.74, 6) is 0.477. The van der Waals surface area contributed by atoms with Crippen molar-refractivity contribution in [1.82, 2.24) is 19.9 Å². The number of rotatable bonds is 2. The van der Waals surface area contributed by atoms with Gasteiger partial charge in [-0.05, 0) is 24.3 Å². The fourth-order valence-corrected chi connectivity index (χ4v) is 2.76. The fraction of sp³-hybridized carbons (Fsp3) is 0. The summed E-state index contributed by atoms with van der Waals surface area (Å²) in [6.07, 6.45) is 0. The zero-order valence-corrected chi connectivity index (χ0v) is 14.0. The van der Waals surface area contributed by atoms with Gasteiger partial charge < -0.3 is 4.98 Å². The second-order valence-electron chi connectivity index (χ2n) is 5.45. The number of aromatic nitrogens is 4. The Hall–Kier alpha value is -3.74. The van der Waals surface area contributed by atoms with Gasteiger partial charge in [0.25, 0.3) is 0 Å². The average Bonchev–Trinajstić information content (AvgIpc) is 3.11. The molecule has 4 rings (SSSR count). The summed E-state index contributed by atoms with van der Waals surface area (Å²) >= 11 is 5.97. The average molecular weight is 357 g/mol. The lowest BCUT2D eigenvalue weighted by molar-refractivity contribution is 1.12. The molecule has 4 aromatic rings. The summed E-state index contributed by atoms with van der Waals surface area (Å²) in [6, 6.07) is 18.4. The molecule has 7 heteroatoms. The lowest BCUT2D eigenvalue weighted by Crippen LogP contribution is -2.02. The Kier molecular flexibility index (Phi) is 3.81. The van der Waals surface area contributed by atoms with Gasteiger partial charge in [-0.1, -0.05) is 35.9 Å². The molecule has 2 aromatic heterocycles. The molecular formula is C19H9ClN6. The minimum absolute atomic E-state index is 0.0303. The largest absolute Gasteiger partial charge is 0.337 e. The van der Waals surface area contributed by atoms with E-state index in [1.54, 1.807) is 24.3 Å². The van der Waals surface area contributed by atoms with E-state index in [9.17, 15) is 10.5 Å². The van der Waals surface area contributed by atoms with Gasteiger partial charge in [-0.15, -0.1) is 0 Å². The van der Waals surface area contributed by atoms with Crippen LogP contribution in [0, 0.1) is 22.7 Å². The van der Waals surface area contributed by atoms with Gasteiger partial charge in [-0.2, -0.15) is 10.5 Å². The van der Waals surface area contributed by atoms with Gasteiger partial charge in [0.2, 0.25) is 0 Å². The van der Waals surface area contributed by atoms with Crippen LogP contribution >= 0.6 is 11.6 Å². The summed E-state index contributed by atoms with van der Waals surface area (Å²) in [7, 11) is 0. The first-order valence-electron chi connectivity index (χ1n) is 7.63. The molecule has 0 saturated carbocycles. The molecule has 122 valence electrons. The van der Waals surface area contributed by atoms with E-state index >= 15 is 0 Å². The summed E-state index contributed by atoms with van der Waals surface area (Å²) in [5.41, 5.74) is 3.12. The first-order valence-corrected chi connectivity index (χ1v) is 8.00. The third kappa shape index (κ3) is 2.65. The van der Waals surface area contributed by atoms with Crippen LogP contribution in [0.5, 0.6) is 0 Å². The first-order chi connectivity index (χ1) is 12.7. The van der Waals surface area contributed by atoms with Gasteiger partial charge in [-0.25, -0.2) is 15.0 Å². The topological polar surface area (TPSA) is 102 Å². The van der Waals surface area contributed by atoms with Gasteiger partial charge in [-0.3, -0.25) is 0 Å². The molecule has 2 heterocycles. The van der Waals surface area contributed by atoms with Crippen LogP contribution in [-0.2, 0) is 0 Å². The molecule has 0 aliphatic rings. The third-order valence-electron chi connectivity index (χ3n) is 3.84. The maximum atomic E-state index is 9.31. The Morgan fingerprint density at radius 1 is 0.808 bits per heavy atom. The van der Waals surface area contributed by atoms with E-state index in [-0.39, 0.29) is 11.4 Å². The smallest absolute Gasteiger partial charge is 0.177 e. The summed E-state index contributed by atoms with van der Waals surface area (Å²) in [6.45, 7) is 0. The highest BCUT2D eigenvalue weighted by Gasteiger charge is 2.19. The molecule has 2 aromatic carbocycles. The van der Waals surface area contributed by atoms with Crippen molar-refractivity contribution in [2.45, 2.75) is 0 Å². The minimum atomic E-state index is -0.0410. The molecule has 0 spiro atoms. The molecule has 0 saturated heterocycles. The summed E-state index contributed by atoms with van der Waals surface area (Å²) in [5, 5.41) is 19.2. The number of aromatic amines is 1. The molecule has 26 heavy (non-hydrogen) atoms. The van der Waals surface area contributed by atoms with E-state index in [4.69, 9.17) is 11.6 Å². The van der Waals surface area contributed by atoms with Crippen molar-refractivity contribution in [3.05, 3.63) is 64.9 Å². The number of para-hydroxylation sites is 2. The molecule has 6 nitrogen and oxygen atoms in total. The standard InChI is InChI=1S/C19H9ClN6/c20-12-7-5-11(6-8-12)17-18(24-16(10-22)15(9-21)23-17)19-25-13-3-1-2-4-14(13)26-19/h1-8H,(H,25,26). The molecule has 0 aliphatic heterocycles. The maximum Gasteiger partial charge on any atom is 0.177 e. The highest BCUT2D eigenvalue weighted by atomic mass is 35.5. The second kappa shape index (κ2) is 6.29. The van der Waals surface area contributed by atoms with Gasteiger partial charge in [0, 0.05) is 10.6 Å². The predicted molar refractivity (Wildman–Crippen MR) is 97.0 cm³/mol. The summed E-state index contributed by atoms with van der Waals surface area (Å²) in [4.78, 5) is 16.4. The molecule has 0 fully saturated rings. The number of H-pyrrole nitrogens is 1. The van der Waals surface area contributed by atoms with E-state index in [1.807, 2.05) is 36.4 Å². The quantitative estimate of drug-likeness (QED) is 0.583. The molecule has 0 amide bonds. The minimum Gasteiger partial charge on any atom is -0.337 e. The predicted octanol–water partition coefficient (Wildman–Crippen LogP) is 4.08. The monoisotopic (exact) mass is 356 g/mol. The lowest BCUT2D eigenvalue weighted by atomic mass is 10.1. The van der Waals surface area contributed by atoms with Gasteiger partial charge >= 0.3 is 0 Å². The SMILES string of the molecule is N#Cc1nc(-c2ccc(Cl)cc2)c(-c2nc3ccccc3[nH]2)nc1C#N. The van der Waals surface area contributed by atoms with Gasteiger partial charge in [0.1, 0.15) is 23.5 Å². The summed E-state index contributed by atoms with van der Waals surface area (Å²) < 4.78 is 0. The number of hydrogen-bond acceptors (Lipinski definition) is 5. The Bertz CT molecular complexity index is 1180. The number of benzene rings is 2. The third-order valence-corrected chi connectivity index (χ3v) is 4.09. The molecular weight excluding hydrogens is 348 g/mol. The van der Waals surface area contributed by atoms with Crippen LogP contribution in [0.1, 0.15) is 11.4 Å². The van der Waals surface area contributed by atoms with E-state index in [1.165, 1.54) is 0 Å². The van der Waals surface area contributed by atoms with Crippen LogP contribution in [0.25, 0.3) is 33.8 Å². The Morgan fingerprint density at radius 2 is 1.46 bits per heavy atom. The lowest BCUT2D eigenvalue weighted by Gasteiger charge is -2.08. The van der Waals surface area contributed by atoms with Crippen molar-refractivity contribution < 1.29 is 0 Å². The number of hydrogen-bond donors (Lipinski definition) is 1. The zero-order chi connectivity index (χ0) is 18.1. The zero-order valence-electron chi connectivity index (χ0n) is 13.2. The Balaban J connectivity index is 2.01. The van der Waals surface area contributed by atoms with Crippen LogP contribution in [0.3, 0.4) is 0 Å². The number of halogens is 1. The van der Waals surface area contributed by atoms with Crippen LogP contribution in [0.2, 0.25) is 5.02 Å². The van der Waals surface area contributed by atoms with E-state index in [0.29, 0.717) is 22.2 Å². The van der Waals surface area contributed by atoms with E-state index in [0.717, 1.165) is 16.6 Å². The van der Waals surface area contributed by atoms with Gasteiger partial charge in [0.05, 0.1) is 11.0 Å². The van der Waals surface area contributed by atoms with Crippen LogP contribution in [0.15, 0.2) is 48.5 Å². The normalized spacial score (nSPS) is 10.4. The van der Waals surface area contributed by atoms with E-state index < -0.39 is 0 Å². The van der Waals surface area contributed by atoms with Crippen LogP contribution in [0.4, 0.5) is 0 Å². The number of nitrogens with one attached hydrogen (secondary N) is 1. The molecule has 0 radical (unpaired) electrons. The van der Waals surface area contributed by atoms with Crippen LogP contribution < -0.4 is 0 Å². The van der Waals surface area contributed by atoms with Crippen LogP contribution in [-0.4, -0.2) is 19.9 Å².